The maximum atomic E-state index is 13.7. The summed E-state index contributed by atoms with van der Waals surface area (Å²) in [5, 5.41) is 0. The van der Waals surface area contributed by atoms with Crippen LogP contribution in [0, 0.1) is 5.82 Å². The van der Waals surface area contributed by atoms with E-state index >= 15 is 0 Å². The number of hydrogen-bond acceptors (Lipinski definition) is 4. The standard InChI is InChI=1S/C15H17BrFNO4S/c16-10-1-4-14(13(17)7-10)22-8-15(19)18(11-2-3-11)12-5-6-23(20,21)9-12/h1,4,7,11-12H,2-3,5-6,8-9H2. The summed E-state index contributed by atoms with van der Waals surface area (Å²) in [5.41, 5.74) is 0. The molecular weight excluding hydrogens is 389 g/mol. The van der Waals surface area contributed by atoms with Crippen molar-refractivity contribution in [1.29, 1.82) is 0 Å². The Morgan fingerprint density at radius 1 is 1.30 bits per heavy atom. The van der Waals surface area contributed by atoms with E-state index in [1.807, 2.05) is 0 Å². The molecule has 126 valence electrons. The number of rotatable bonds is 5. The largest absolute Gasteiger partial charge is 0.481 e. The SMILES string of the molecule is O=C(COc1ccc(Br)cc1F)N(C1CC1)C1CCS(=O)(=O)C1. The summed E-state index contributed by atoms with van der Waals surface area (Å²) in [6.07, 6.45) is 2.24. The second kappa shape index (κ2) is 6.39. The molecule has 5 nitrogen and oxygen atoms in total. The summed E-state index contributed by atoms with van der Waals surface area (Å²) < 4.78 is 42.9. The van der Waals surface area contributed by atoms with Crippen molar-refractivity contribution in [2.24, 2.45) is 0 Å². The minimum Gasteiger partial charge on any atom is -0.481 e. The molecule has 1 saturated heterocycles. The maximum Gasteiger partial charge on any atom is 0.261 e. The normalized spacial score (nSPS) is 22.8. The smallest absolute Gasteiger partial charge is 0.261 e. The molecule has 1 saturated carbocycles. The highest BCUT2D eigenvalue weighted by molar-refractivity contribution is 9.10. The number of ether oxygens (including phenoxy) is 1. The monoisotopic (exact) mass is 405 g/mol. The van der Waals surface area contributed by atoms with Gasteiger partial charge in [0, 0.05) is 16.6 Å². The van der Waals surface area contributed by atoms with Crippen LogP contribution in [0.1, 0.15) is 19.3 Å². The molecule has 1 unspecified atom stereocenters. The number of halogens is 2. The van der Waals surface area contributed by atoms with E-state index in [9.17, 15) is 17.6 Å². The highest BCUT2D eigenvalue weighted by Gasteiger charge is 2.42. The van der Waals surface area contributed by atoms with E-state index in [0.29, 0.717) is 10.9 Å². The average Bonchev–Trinajstić information content (AvgIpc) is 3.22. The Balaban J connectivity index is 1.65. The van der Waals surface area contributed by atoms with E-state index in [0.717, 1.165) is 12.8 Å². The highest BCUT2D eigenvalue weighted by atomic mass is 79.9. The number of carbonyl (C=O) groups excluding carboxylic acids is 1. The number of hydrogen-bond donors (Lipinski definition) is 0. The molecule has 0 N–H and O–H groups in total. The molecule has 1 heterocycles. The zero-order valence-electron chi connectivity index (χ0n) is 12.4. The number of sulfone groups is 1. The van der Waals surface area contributed by atoms with Crippen molar-refractivity contribution < 1.29 is 22.3 Å². The molecule has 1 amide bonds. The van der Waals surface area contributed by atoms with Crippen LogP contribution in [-0.2, 0) is 14.6 Å². The minimum absolute atomic E-state index is 0.0105. The first-order chi connectivity index (χ1) is 10.9. The molecule has 0 radical (unpaired) electrons. The Hall–Kier alpha value is -1.15. The van der Waals surface area contributed by atoms with E-state index in [4.69, 9.17) is 4.74 Å². The predicted octanol–water partition coefficient (Wildman–Crippen LogP) is 2.15. The molecule has 8 heteroatoms. The fraction of sp³-hybridized carbons (Fsp3) is 0.533. The summed E-state index contributed by atoms with van der Waals surface area (Å²) in [4.78, 5) is 14.1. The molecule has 0 spiro atoms. The molecule has 1 atom stereocenters. The maximum absolute atomic E-state index is 13.7. The first-order valence-electron chi connectivity index (χ1n) is 7.45. The third-order valence-corrected chi connectivity index (χ3v) is 6.32. The Labute approximate surface area is 142 Å². The van der Waals surface area contributed by atoms with Crippen molar-refractivity contribution in [1.82, 2.24) is 4.90 Å². The Bertz CT molecular complexity index is 720. The van der Waals surface area contributed by atoms with Gasteiger partial charge >= 0.3 is 0 Å². The van der Waals surface area contributed by atoms with Gasteiger partial charge in [0.15, 0.2) is 28.0 Å². The first kappa shape index (κ1) is 16.7. The number of amides is 1. The van der Waals surface area contributed by atoms with E-state index in [2.05, 4.69) is 15.9 Å². The molecule has 1 aliphatic carbocycles. The van der Waals surface area contributed by atoms with Crippen molar-refractivity contribution in [3.05, 3.63) is 28.5 Å². The van der Waals surface area contributed by atoms with Crippen molar-refractivity contribution in [3.63, 3.8) is 0 Å². The van der Waals surface area contributed by atoms with Crippen LogP contribution in [-0.4, -0.2) is 49.4 Å². The lowest BCUT2D eigenvalue weighted by atomic mass is 10.2. The zero-order valence-corrected chi connectivity index (χ0v) is 14.8. The van der Waals surface area contributed by atoms with Crippen molar-refractivity contribution in [2.45, 2.75) is 31.3 Å². The minimum atomic E-state index is -3.06. The molecule has 0 aromatic heterocycles. The van der Waals surface area contributed by atoms with Crippen LogP contribution in [0.3, 0.4) is 0 Å². The number of carbonyl (C=O) groups is 1. The van der Waals surface area contributed by atoms with Gasteiger partial charge < -0.3 is 9.64 Å². The van der Waals surface area contributed by atoms with Gasteiger partial charge in [0.1, 0.15) is 0 Å². The highest BCUT2D eigenvalue weighted by Crippen LogP contribution is 2.32. The van der Waals surface area contributed by atoms with E-state index in [-0.39, 0.29) is 41.9 Å². The van der Waals surface area contributed by atoms with Gasteiger partial charge in [0.05, 0.1) is 11.5 Å². The molecular formula is C15H17BrFNO4S. The second-order valence-corrected chi connectivity index (χ2v) is 9.10. The Morgan fingerprint density at radius 2 is 2.04 bits per heavy atom. The van der Waals surface area contributed by atoms with Gasteiger partial charge in [0.2, 0.25) is 0 Å². The van der Waals surface area contributed by atoms with E-state index < -0.39 is 15.7 Å². The van der Waals surface area contributed by atoms with Gasteiger partial charge in [-0.15, -0.1) is 0 Å². The summed E-state index contributed by atoms with van der Waals surface area (Å²) in [5.74, 6) is -0.681. The predicted molar refractivity (Wildman–Crippen MR) is 86.5 cm³/mol. The summed E-state index contributed by atoms with van der Waals surface area (Å²) in [7, 11) is -3.06. The van der Waals surface area contributed by atoms with Crippen LogP contribution >= 0.6 is 15.9 Å². The van der Waals surface area contributed by atoms with Gasteiger partial charge in [-0.3, -0.25) is 4.79 Å². The molecule has 2 fully saturated rings. The third-order valence-electron chi connectivity index (χ3n) is 4.08. The fourth-order valence-electron chi connectivity index (χ4n) is 2.86. The number of nitrogens with zero attached hydrogens (tertiary/aromatic N) is 1. The average molecular weight is 406 g/mol. The summed E-state index contributed by atoms with van der Waals surface area (Å²) in [6.45, 7) is -0.286. The first-order valence-corrected chi connectivity index (χ1v) is 10.1. The van der Waals surface area contributed by atoms with Crippen molar-refractivity contribution >= 4 is 31.7 Å². The quantitative estimate of drug-likeness (QED) is 0.752. The molecule has 1 aromatic carbocycles. The summed E-state index contributed by atoms with van der Waals surface area (Å²) in [6, 6.07) is 4.17. The number of benzene rings is 1. The molecule has 2 aliphatic rings. The van der Waals surface area contributed by atoms with Crippen LogP contribution in [0.25, 0.3) is 0 Å². The van der Waals surface area contributed by atoms with Crippen molar-refractivity contribution in [3.8, 4) is 5.75 Å². The van der Waals surface area contributed by atoms with Gasteiger partial charge in [-0.2, -0.15) is 0 Å². The fourth-order valence-corrected chi connectivity index (χ4v) is 4.90. The van der Waals surface area contributed by atoms with Crippen LogP contribution in [0.4, 0.5) is 4.39 Å². The van der Waals surface area contributed by atoms with Gasteiger partial charge in [-0.05, 0) is 37.5 Å². The molecule has 0 bridgehead atoms. The van der Waals surface area contributed by atoms with Gasteiger partial charge in [0.25, 0.3) is 5.91 Å². The lowest BCUT2D eigenvalue weighted by molar-refractivity contribution is -0.136. The molecule has 1 aliphatic heterocycles. The van der Waals surface area contributed by atoms with Gasteiger partial charge in [-0.25, -0.2) is 12.8 Å². The zero-order chi connectivity index (χ0) is 16.6. The van der Waals surface area contributed by atoms with Crippen LogP contribution in [0.5, 0.6) is 5.75 Å². The van der Waals surface area contributed by atoms with E-state index in [1.165, 1.54) is 12.1 Å². The summed E-state index contributed by atoms with van der Waals surface area (Å²) >= 11 is 3.15. The lowest BCUT2D eigenvalue weighted by Gasteiger charge is -2.28. The topological polar surface area (TPSA) is 63.7 Å². The molecule has 1 aromatic rings. The van der Waals surface area contributed by atoms with Crippen LogP contribution in [0.15, 0.2) is 22.7 Å². The Morgan fingerprint density at radius 3 is 2.61 bits per heavy atom. The lowest BCUT2D eigenvalue weighted by Crippen LogP contribution is -2.45. The Kier molecular flexibility index (Phi) is 4.64. The van der Waals surface area contributed by atoms with Gasteiger partial charge in [-0.1, -0.05) is 15.9 Å². The third kappa shape index (κ3) is 4.03. The van der Waals surface area contributed by atoms with Crippen LogP contribution < -0.4 is 4.74 Å². The van der Waals surface area contributed by atoms with Crippen molar-refractivity contribution in [2.75, 3.05) is 18.1 Å². The second-order valence-electron chi connectivity index (χ2n) is 5.95. The molecule has 3 rings (SSSR count). The van der Waals surface area contributed by atoms with Crippen LogP contribution in [0.2, 0.25) is 0 Å². The molecule has 23 heavy (non-hydrogen) atoms. The van der Waals surface area contributed by atoms with E-state index in [1.54, 1.807) is 11.0 Å².